The van der Waals surface area contributed by atoms with Crippen LogP contribution in [0.3, 0.4) is 0 Å². The molecular weight excluding hydrogens is 306 g/mol. The first-order valence-electron chi connectivity index (χ1n) is 8.63. The van der Waals surface area contributed by atoms with Crippen molar-refractivity contribution in [1.29, 1.82) is 0 Å². The van der Waals surface area contributed by atoms with Crippen molar-refractivity contribution in [3.8, 4) is 0 Å². The fourth-order valence-electron chi connectivity index (χ4n) is 4.39. The highest BCUT2D eigenvalue weighted by atomic mass is 16.6. The summed E-state index contributed by atoms with van der Waals surface area (Å²) >= 11 is 0. The molecule has 1 unspecified atom stereocenters. The number of carbonyl (C=O) groups is 2. The zero-order chi connectivity index (χ0) is 16.7. The second-order valence-electron chi connectivity index (χ2n) is 7.11. The van der Waals surface area contributed by atoms with Crippen LogP contribution < -0.4 is 5.32 Å². The molecule has 3 amide bonds. The second kappa shape index (κ2) is 5.69. The van der Waals surface area contributed by atoms with Gasteiger partial charge in [-0.1, -0.05) is 30.3 Å². The van der Waals surface area contributed by atoms with Crippen molar-refractivity contribution >= 4 is 12.1 Å². The summed E-state index contributed by atoms with van der Waals surface area (Å²) in [4.78, 5) is 28.4. The average Bonchev–Trinajstić information content (AvgIpc) is 2.61. The smallest absolute Gasteiger partial charge is 0.410 e. The fraction of sp³-hybridized carbons (Fsp3) is 0.556. The van der Waals surface area contributed by atoms with Crippen molar-refractivity contribution in [3.05, 3.63) is 35.9 Å². The van der Waals surface area contributed by atoms with Gasteiger partial charge in [-0.15, -0.1) is 0 Å². The molecule has 6 nitrogen and oxygen atoms in total. The number of ether oxygens (including phenoxy) is 1. The summed E-state index contributed by atoms with van der Waals surface area (Å²) in [6, 6.07) is 10.0. The maximum atomic E-state index is 12.9. The third kappa shape index (κ3) is 2.41. The van der Waals surface area contributed by atoms with Crippen molar-refractivity contribution in [1.82, 2.24) is 15.1 Å². The lowest BCUT2D eigenvalue weighted by molar-refractivity contribution is -0.159. The van der Waals surface area contributed by atoms with Gasteiger partial charge in [0.1, 0.15) is 5.60 Å². The van der Waals surface area contributed by atoms with Crippen LogP contribution in [-0.2, 0) is 11.3 Å². The van der Waals surface area contributed by atoms with Crippen molar-refractivity contribution < 1.29 is 14.3 Å². The van der Waals surface area contributed by atoms with Crippen LogP contribution in [0.25, 0.3) is 0 Å². The summed E-state index contributed by atoms with van der Waals surface area (Å²) in [5.74, 6) is 0. The fourth-order valence-corrected chi connectivity index (χ4v) is 4.39. The summed E-state index contributed by atoms with van der Waals surface area (Å²) in [6.45, 7) is 1.06. The van der Waals surface area contributed by atoms with E-state index in [1.54, 1.807) is 11.9 Å². The molecule has 24 heavy (non-hydrogen) atoms. The maximum Gasteiger partial charge on any atom is 0.410 e. The van der Waals surface area contributed by atoms with Crippen LogP contribution in [0.15, 0.2) is 30.3 Å². The van der Waals surface area contributed by atoms with E-state index in [4.69, 9.17) is 4.74 Å². The summed E-state index contributed by atoms with van der Waals surface area (Å²) < 4.78 is 5.79. The Balaban J connectivity index is 1.51. The molecule has 3 saturated heterocycles. The van der Waals surface area contributed by atoms with E-state index in [9.17, 15) is 9.59 Å². The predicted octanol–water partition coefficient (Wildman–Crippen LogP) is 2.34. The van der Waals surface area contributed by atoms with Crippen LogP contribution in [0.2, 0.25) is 0 Å². The van der Waals surface area contributed by atoms with Crippen LogP contribution in [0.4, 0.5) is 9.59 Å². The van der Waals surface area contributed by atoms with Crippen LogP contribution in [0.5, 0.6) is 0 Å². The number of likely N-dealkylation sites (N-methyl/N-ethyl adjacent to an activating group) is 1. The minimum absolute atomic E-state index is 0.0519. The Morgan fingerprint density at radius 2 is 2.00 bits per heavy atom. The molecule has 0 radical (unpaired) electrons. The first-order valence-corrected chi connectivity index (χ1v) is 8.63. The number of amides is 3. The van der Waals surface area contributed by atoms with Gasteiger partial charge < -0.3 is 19.9 Å². The Morgan fingerprint density at radius 1 is 1.29 bits per heavy atom. The molecule has 3 heterocycles. The molecule has 1 N–H and O–H groups in total. The standard InChI is InChI=1S/C18H23N3O3/c1-20-12-15-18(24-17(20)23)9-7-14(8-10-18)21(15)16(22)19-11-13-5-3-2-4-6-13/h2-6,14-15H,7-12H2,1H3,(H,19,22). The zero-order valence-electron chi connectivity index (χ0n) is 13.9. The molecule has 3 aliphatic heterocycles. The first kappa shape index (κ1) is 15.3. The molecule has 4 aliphatic rings. The molecule has 6 heteroatoms. The Bertz CT molecular complexity index is 640. The minimum Gasteiger partial charge on any atom is -0.441 e. The van der Waals surface area contributed by atoms with E-state index in [0.717, 1.165) is 31.2 Å². The Labute approximate surface area is 141 Å². The van der Waals surface area contributed by atoms with E-state index in [2.05, 4.69) is 5.32 Å². The number of urea groups is 1. The van der Waals surface area contributed by atoms with Gasteiger partial charge in [0, 0.05) is 26.2 Å². The van der Waals surface area contributed by atoms with Crippen LogP contribution in [0.1, 0.15) is 31.2 Å². The Morgan fingerprint density at radius 3 is 2.71 bits per heavy atom. The first-order chi connectivity index (χ1) is 11.6. The Kier molecular flexibility index (Phi) is 3.62. The van der Waals surface area contributed by atoms with Gasteiger partial charge in [0.15, 0.2) is 0 Å². The van der Waals surface area contributed by atoms with Gasteiger partial charge in [-0.3, -0.25) is 0 Å². The quantitative estimate of drug-likeness (QED) is 0.906. The van der Waals surface area contributed by atoms with E-state index in [1.165, 1.54) is 0 Å². The maximum absolute atomic E-state index is 12.9. The molecule has 1 saturated carbocycles. The summed E-state index contributed by atoms with van der Waals surface area (Å²) in [7, 11) is 1.73. The predicted molar refractivity (Wildman–Crippen MR) is 88.4 cm³/mol. The van der Waals surface area contributed by atoms with E-state index in [-0.39, 0.29) is 24.2 Å². The number of rotatable bonds is 2. The summed E-state index contributed by atoms with van der Waals surface area (Å²) in [5, 5.41) is 3.04. The average molecular weight is 329 g/mol. The lowest BCUT2D eigenvalue weighted by Gasteiger charge is -2.59. The third-order valence-electron chi connectivity index (χ3n) is 5.71. The van der Waals surface area contributed by atoms with Crippen molar-refractivity contribution in [2.75, 3.05) is 13.6 Å². The number of carbonyl (C=O) groups excluding carboxylic acids is 2. The molecule has 2 bridgehead atoms. The molecule has 5 rings (SSSR count). The molecule has 128 valence electrons. The summed E-state index contributed by atoms with van der Waals surface area (Å²) in [6.07, 6.45) is 3.28. The molecule has 1 atom stereocenters. The number of hydrogen-bond acceptors (Lipinski definition) is 3. The van der Waals surface area contributed by atoms with Crippen molar-refractivity contribution in [2.24, 2.45) is 0 Å². The van der Waals surface area contributed by atoms with Gasteiger partial charge >= 0.3 is 12.1 Å². The van der Waals surface area contributed by atoms with E-state index in [0.29, 0.717) is 13.1 Å². The lowest BCUT2D eigenvalue weighted by Crippen LogP contribution is -2.73. The SMILES string of the molecule is CN1CC2N(C(=O)NCc3ccccc3)C3CCC2(CC3)OC1=O. The van der Waals surface area contributed by atoms with Gasteiger partial charge in [0.05, 0.1) is 6.04 Å². The van der Waals surface area contributed by atoms with Crippen LogP contribution in [0, 0.1) is 0 Å². The van der Waals surface area contributed by atoms with Gasteiger partial charge in [0.2, 0.25) is 0 Å². The number of nitrogens with zero attached hydrogens (tertiary/aromatic N) is 2. The van der Waals surface area contributed by atoms with E-state index >= 15 is 0 Å². The van der Waals surface area contributed by atoms with Gasteiger partial charge in [-0.2, -0.15) is 0 Å². The molecule has 1 aromatic carbocycles. The highest BCUT2D eigenvalue weighted by Crippen LogP contribution is 2.47. The van der Waals surface area contributed by atoms with Crippen molar-refractivity contribution in [2.45, 2.75) is 49.9 Å². The van der Waals surface area contributed by atoms with Crippen LogP contribution in [-0.4, -0.2) is 53.2 Å². The normalized spacial score (nSPS) is 31.5. The van der Waals surface area contributed by atoms with Gasteiger partial charge in [-0.25, -0.2) is 9.59 Å². The largest absolute Gasteiger partial charge is 0.441 e. The minimum atomic E-state index is -0.484. The molecule has 1 spiro atoms. The number of fused-ring (bicyclic) bond motifs is 2. The monoisotopic (exact) mass is 329 g/mol. The topological polar surface area (TPSA) is 61.9 Å². The van der Waals surface area contributed by atoms with Gasteiger partial charge in [0.25, 0.3) is 0 Å². The number of hydrogen-bond donors (Lipinski definition) is 1. The number of piperidine rings is 2. The number of nitrogens with one attached hydrogen (secondary N) is 1. The van der Waals surface area contributed by atoms with E-state index < -0.39 is 5.60 Å². The van der Waals surface area contributed by atoms with Gasteiger partial charge in [-0.05, 0) is 31.2 Å². The molecule has 4 fully saturated rings. The summed E-state index contributed by atoms with van der Waals surface area (Å²) in [5.41, 5.74) is 0.595. The number of benzene rings is 1. The Hall–Kier alpha value is -2.24. The molecule has 1 aromatic rings. The van der Waals surface area contributed by atoms with Crippen LogP contribution >= 0.6 is 0 Å². The molecular formula is C18H23N3O3. The van der Waals surface area contributed by atoms with Crippen molar-refractivity contribution in [3.63, 3.8) is 0 Å². The second-order valence-corrected chi connectivity index (χ2v) is 7.11. The lowest BCUT2D eigenvalue weighted by atomic mass is 9.70. The highest BCUT2D eigenvalue weighted by Gasteiger charge is 2.59. The molecule has 0 aromatic heterocycles. The zero-order valence-corrected chi connectivity index (χ0v) is 13.9. The molecule has 1 aliphatic carbocycles. The third-order valence-corrected chi connectivity index (χ3v) is 5.71. The van der Waals surface area contributed by atoms with E-state index in [1.807, 2.05) is 35.2 Å². The highest BCUT2D eigenvalue weighted by molar-refractivity contribution is 5.77.